The highest BCUT2D eigenvalue weighted by atomic mass is 35.5. The Morgan fingerprint density at radius 1 is 0.917 bits per heavy atom. The molecule has 0 aliphatic carbocycles. The smallest absolute Gasteiger partial charge is 0.134 e. The highest BCUT2D eigenvalue weighted by Crippen LogP contribution is 1.91. The first kappa shape index (κ1) is 31.0. The van der Waals surface area contributed by atoms with Gasteiger partial charge in [0.25, 0.3) is 0 Å². The number of carbonyl (C=O) groups is 1. The molecule has 0 radical (unpaired) electrons. The van der Waals surface area contributed by atoms with Crippen LogP contribution in [0.4, 0.5) is 0 Å². The molecule has 24 heavy (non-hydrogen) atoms. The summed E-state index contributed by atoms with van der Waals surface area (Å²) in [6.07, 6.45) is 2.86. The second-order valence-electron chi connectivity index (χ2n) is 7.14. The average Bonchev–Trinajstić information content (AvgIpc) is 2.41. The highest BCUT2D eigenvalue weighted by Gasteiger charge is 2.04. The number of nitrogens with zero attached hydrogens (tertiary/aromatic N) is 2. The highest BCUT2D eigenvalue weighted by molar-refractivity contribution is 5.81. The molecule has 0 atom stereocenters. The minimum absolute atomic E-state index is 0. The van der Waals surface area contributed by atoms with Crippen LogP contribution < -0.4 is 17.5 Å². The lowest BCUT2D eigenvalue weighted by atomic mass is 10.4. The summed E-state index contributed by atoms with van der Waals surface area (Å²) < 4.78 is 1.89. The van der Waals surface area contributed by atoms with E-state index < -0.39 is 11.7 Å². The lowest BCUT2D eigenvalue weighted by molar-refractivity contribution is -0.870. The van der Waals surface area contributed by atoms with Gasteiger partial charge in [0.1, 0.15) is 11.7 Å². The summed E-state index contributed by atoms with van der Waals surface area (Å²) >= 11 is 0. The first-order chi connectivity index (χ1) is 10.3. The Labute approximate surface area is 153 Å². The molecule has 0 saturated carbocycles. The Balaban J connectivity index is -0.000000123. The molecule has 0 aromatic heterocycles. The molecule has 0 fully saturated rings. The number of hydrogen-bond acceptors (Lipinski definition) is 5. The SMILES string of the molecule is C/C=C(\O)C(=O)[O-].C[N+](C)(C)CCCO.C[N+](C)(C)CCCO.[Cl-]. The van der Waals surface area contributed by atoms with Gasteiger partial charge in [0, 0.05) is 26.1 Å². The van der Waals surface area contributed by atoms with Crippen molar-refractivity contribution < 1.29 is 46.6 Å². The summed E-state index contributed by atoms with van der Waals surface area (Å²) in [6.45, 7) is 4.14. The van der Waals surface area contributed by atoms with Crippen LogP contribution >= 0.6 is 0 Å². The van der Waals surface area contributed by atoms with Gasteiger partial charge in [-0.25, -0.2) is 0 Å². The first-order valence-electron chi connectivity index (χ1n) is 7.70. The van der Waals surface area contributed by atoms with E-state index in [4.69, 9.17) is 15.3 Å². The maximum absolute atomic E-state index is 9.50. The van der Waals surface area contributed by atoms with Gasteiger partial charge in [0.15, 0.2) is 0 Å². The van der Waals surface area contributed by atoms with Crippen LogP contribution in [-0.4, -0.2) is 98.8 Å². The van der Waals surface area contributed by atoms with Crippen molar-refractivity contribution in [3.05, 3.63) is 11.8 Å². The van der Waals surface area contributed by atoms with Crippen molar-refractivity contribution in [2.75, 3.05) is 68.6 Å². The van der Waals surface area contributed by atoms with Gasteiger partial charge in [-0.2, -0.15) is 0 Å². The van der Waals surface area contributed by atoms with Crippen LogP contribution in [0.5, 0.6) is 0 Å². The Morgan fingerprint density at radius 3 is 1.25 bits per heavy atom. The normalized spacial score (nSPS) is 11.3. The summed E-state index contributed by atoms with van der Waals surface area (Å²) in [5.74, 6) is -2.26. The Kier molecular flexibility index (Phi) is 21.9. The van der Waals surface area contributed by atoms with Gasteiger partial charge in [0.2, 0.25) is 0 Å². The van der Waals surface area contributed by atoms with E-state index in [2.05, 4.69) is 42.3 Å². The molecule has 7 nitrogen and oxygen atoms in total. The standard InChI is InChI=1S/2C6H16NO.C4H6O3.ClH/c2*1-7(2,3)5-4-6-8;1-2-3(5)4(6)7;/h2*8H,4-6H2,1-3H3;2,5H,1H3,(H,6,7);1H/q2*+1;;/p-2/b;;3-2-;. The molecule has 148 valence electrons. The van der Waals surface area contributed by atoms with E-state index in [1.807, 2.05) is 0 Å². The molecular formula is C16H37ClN2O5. The molecule has 0 spiro atoms. The number of carboxylic acid groups (broad SMARTS) is 1. The predicted molar refractivity (Wildman–Crippen MR) is 90.6 cm³/mol. The lowest BCUT2D eigenvalue weighted by Crippen LogP contribution is -3.00. The van der Waals surface area contributed by atoms with E-state index in [0.29, 0.717) is 13.2 Å². The van der Waals surface area contributed by atoms with Gasteiger partial charge in [-0.15, -0.1) is 0 Å². The van der Waals surface area contributed by atoms with Crippen LogP contribution in [0, 0.1) is 0 Å². The number of carboxylic acids is 1. The molecule has 0 heterocycles. The summed E-state index contributed by atoms with van der Waals surface area (Å²) in [5, 5.41) is 34.5. The van der Waals surface area contributed by atoms with Crippen LogP contribution in [0.3, 0.4) is 0 Å². The Morgan fingerprint density at radius 2 is 1.21 bits per heavy atom. The molecule has 3 N–H and O–H groups in total. The third-order valence-corrected chi connectivity index (χ3v) is 2.46. The van der Waals surface area contributed by atoms with Crippen LogP contribution in [0.1, 0.15) is 19.8 Å². The van der Waals surface area contributed by atoms with Crippen molar-refractivity contribution in [3.8, 4) is 0 Å². The number of halogens is 1. The molecule has 0 rings (SSSR count). The largest absolute Gasteiger partial charge is 1.00 e. The monoisotopic (exact) mass is 372 g/mol. The van der Waals surface area contributed by atoms with Crippen molar-refractivity contribution in [1.29, 1.82) is 0 Å². The maximum Gasteiger partial charge on any atom is 0.134 e. The van der Waals surface area contributed by atoms with E-state index in [0.717, 1.165) is 41.0 Å². The third kappa shape index (κ3) is 37.4. The number of carbonyl (C=O) groups excluding carboxylic acids is 1. The number of quaternary nitrogens is 2. The van der Waals surface area contributed by atoms with Crippen molar-refractivity contribution >= 4 is 5.97 Å². The molecule has 0 aliphatic rings. The fraction of sp³-hybridized carbons (Fsp3) is 0.812. The van der Waals surface area contributed by atoms with E-state index in [-0.39, 0.29) is 12.4 Å². The zero-order chi connectivity index (χ0) is 19.1. The molecule has 0 saturated heterocycles. The van der Waals surface area contributed by atoms with Crippen LogP contribution in [0.25, 0.3) is 0 Å². The Hall–Kier alpha value is -0.860. The summed E-state index contributed by atoms with van der Waals surface area (Å²) in [5.41, 5.74) is 0. The number of allylic oxidation sites excluding steroid dienone is 1. The third-order valence-electron chi connectivity index (χ3n) is 2.46. The quantitative estimate of drug-likeness (QED) is 0.243. The van der Waals surface area contributed by atoms with E-state index >= 15 is 0 Å². The van der Waals surface area contributed by atoms with Crippen molar-refractivity contribution in [2.45, 2.75) is 19.8 Å². The molecule has 0 aromatic rings. The van der Waals surface area contributed by atoms with Crippen molar-refractivity contribution in [2.24, 2.45) is 0 Å². The number of aliphatic carboxylic acids is 1. The number of aliphatic hydroxyl groups excluding tert-OH is 3. The number of aliphatic hydroxyl groups is 3. The second kappa shape index (κ2) is 17.0. The number of rotatable bonds is 7. The molecule has 0 aliphatic heterocycles. The molecule has 0 unspecified atom stereocenters. The predicted octanol–water partition coefficient (Wildman–Crippen LogP) is -3.65. The van der Waals surface area contributed by atoms with Gasteiger partial charge in [-0.1, -0.05) is 0 Å². The second-order valence-corrected chi connectivity index (χ2v) is 7.14. The number of hydrogen-bond donors (Lipinski definition) is 3. The van der Waals surface area contributed by atoms with E-state index in [1.54, 1.807) is 0 Å². The minimum Gasteiger partial charge on any atom is -1.00 e. The first-order valence-corrected chi connectivity index (χ1v) is 7.70. The Bertz CT molecular complexity index is 305. The summed E-state index contributed by atoms with van der Waals surface area (Å²) in [4.78, 5) is 9.50. The van der Waals surface area contributed by atoms with Gasteiger partial charge in [0.05, 0.1) is 55.4 Å². The zero-order valence-electron chi connectivity index (χ0n) is 16.3. The lowest BCUT2D eigenvalue weighted by Gasteiger charge is -2.22. The fourth-order valence-electron chi connectivity index (χ4n) is 1.21. The molecule has 0 amide bonds. The molecular weight excluding hydrogens is 336 g/mol. The average molecular weight is 373 g/mol. The van der Waals surface area contributed by atoms with Crippen LogP contribution in [0.15, 0.2) is 11.8 Å². The summed E-state index contributed by atoms with van der Waals surface area (Å²) in [6, 6.07) is 0. The van der Waals surface area contributed by atoms with E-state index in [9.17, 15) is 9.90 Å². The maximum atomic E-state index is 9.50. The zero-order valence-corrected chi connectivity index (χ0v) is 17.0. The van der Waals surface area contributed by atoms with Gasteiger partial charge < -0.3 is 46.6 Å². The summed E-state index contributed by atoms with van der Waals surface area (Å²) in [7, 11) is 12.7. The van der Waals surface area contributed by atoms with Gasteiger partial charge in [-0.05, 0) is 13.0 Å². The van der Waals surface area contributed by atoms with Crippen LogP contribution in [0.2, 0.25) is 0 Å². The van der Waals surface area contributed by atoms with Crippen molar-refractivity contribution in [1.82, 2.24) is 0 Å². The van der Waals surface area contributed by atoms with E-state index in [1.165, 1.54) is 6.92 Å². The minimum atomic E-state index is -1.54. The molecule has 0 aromatic carbocycles. The van der Waals surface area contributed by atoms with Gasteiger partial charge >= 0.3 is 0 Å². The van der Waals surface area contributed by atoms with Gasteiger partial charge in [-0.3, -0.25) is 0 Å². The molecule has 8 heteroatoms. The van der Waals surface area contributed by atoms with Crippen molar-refractivity contribution in [3.63, 3.8) is 0 Å². The molecule has 0 bridgehead atoms. The fourth-order valence-corrected chi connectivity index (χ4v) is 1.21. The topological polar surface area (TPSA) is 101 Å². The van der Waals surface area contributed by atoms with Crippen LogP contribution in [-0.2, 0) is 4.79 Å².